The largest absolute Gasteiger partial charge is 0.497 e. The summed E-state index contributed by atoms with van der Waals surface area (Å²) in [5.74, 6) is 0.534. The minimum absolute atomic E-state index is 0.201. The van der Waals surface area contributed by atoms with E-state index in [0.717, 1.165) is 22.4 Å². The monoisotopic (exact) mass is 396 g/mol. The molecule has 0 aliphatic carbocycles. The fourth-order valence-corrected chi connectivity index (χ4v) is 3.36. The molecular formula is C23H28N2O4. The van der Waals surface area contributed by atoms with E-state index < -0.39 is 17.7 Å². The van der Waals surface area contributed by atoms with E-state index in [1.807, 2.05) is 69.3 Å². The molecule has 0 bridgehead atoms. The number of fused-ring (bicyclic) bond motifs is 1. The normalized spacial score (nSPS) is 16.0. The van der Waals surface area contributed by atoms with Gasteiger partial charge in [0.15, 0.2) is 0 Å². The van der Waals surface area contributed by atoms with E-state index in [2.05, 4.69) is 5.32 Å². The number of nitrogens with zero attached hydrogens (tertiary/aromatic N) is 1. The van der Waals surface area contributed by atoms with Crippen molar-refractivity contribution in [3.05, 3.63) is 65.2 Å². The molecule has 3 rings (SSSR count). The first-order chi connectivity index (χ1) is 13.8. The van der Waals surface area contributed by atoms with Crippen LogP contribution >= 0.6 is 0 Å². The number of hydrogen-bond acceptors (Lipinski definition) is 4. The van der Waals surface area contributed by atoms with Gasteiger partial charge in [0.2, 0.25) is 5.91 Å². The van der Waals surface area contributed by atoms with Crippen LogP contribution in [0.25, 0.3) is 0 Å². The van der Waals surface area contributed by atoms with Crippen LogP contribution in [0.15, 0.2) is 48.5 Å². The molecule has 2 amide bonds. The maximum Gasteiger partial charge on any atom is 0.411 e. The summed E-state index contributed by atoms with van der Waals surface area (Å²) < 4.78 is 10.8. The molecule has 2 aromatic carbocycles. The molecule has 0 saturated carbocycles. The number of benzene rings is 2. The molecule has 0 fully saturated rings. The molecule has 1 aliphatic heterocycles. The second-order valence-electron chi connectivity index (χ2n) is 8.17. The number of hydrogen-bond donors (Lipinski definition) is 1. The third-order valence-corrected chi connectivity index (χ3v) is 4.78. The molecule has 0 unspecified atom stereocenters. The van der Waals surface area contributed by atoms with Crippen molar-refractivity contribution < 1.29 is 19.1 Å². The lowest BCUT2D eigenvalue weighted by Gasteiger charge is -2.36. The SMILES string of the molecule is COc1cccc(CNC(=O)[C@@H]2Cc3ccccc3CN2C(=O)OC(C)(C)C)c1. The van der Waals surface area contributed by atoms with Crippen LogP contribution in [0, 0.1) is 0 Å². The summed E-state index contributed by atoms with van der Waals surface area (Å²) in [7, 11) is 1.61. The predicted molar refractivity (Wildman–Crippen MR) is 111 cm³/mol. The third kappa shape index (κ3) is 5.28. The van der Waals surface area contributed by atoms with Crippen LogP contribution in [0.5, 0.6) is 5.75 Å². The van der Waals surface area contributed by atoms with Crippen molar-refractivity contribution in [2.75, 3.05) is 7.11 Å². The average Bonchev–Trinajstić information content (AvgIpc) is 2.70. The Bertz CT molecular complexity index is 888. The minimum atomic E-state index is -0.629. The van der Waals surface area contributed by atoms with Crippen LogP contribution in [-0.2, 0) is 29.0 Å². The highest BCUT2D eigenvalue weighted by atomic mass is 16.6. The molecule has 0 saturated heterocycles. The molecule has 2 aromatic rings. The van der Waals surface area contributed by atoms with Crippen molar-refractivity contribution in [2.24, 2.45) is 0 Å². The lowest BCUT2D eigenvalue weighted by atomic mass is 9.93. The van der Waals surface area contributed by atoms with Crippen LogP contribution < -0.4 is 10.1 Å². The first-order valence-electron chi connectivity index (χ1n) is 9.74. The summed E-state index contributed by atoms with van der Waals surface area (Å²) >= 11 is 0. The van der Waals surface area contributed by atoms with Crippen LogP contribution in [-0.4, -0.2) is 35.7 Å². The zero-order chi connectivity index (χ0) is 21.0. The predicted octanol–water partition coefficient (Wildman–Crippen LogP) is 3.67. The molecule has 29 heavy (non-hydrogen) atoms. The Hall–Kier alpha value is -3.02. The Kier molecular flexibility index (Phi) is 6.11. The van der Waals surface area contributed by atoms with E-state index in [1.54, 1.807) is 7.11 Å². The Balaban J connectivity index is 1.77. The number of nitrogens with one attached hydrogen (secondary N) is 1. The zero-order valence-electron chi connectivity index (χ0n) is 17.4. The average molecular weight is 396 g/mol. The quantitative estimate of drug-likeness (QED) is 0.856. The summed E-state index contributed by atoms with van der Waals surface area (Å²) in [6, 6.07) is 14.8. The molecule has 0 radical (unpaired) electrons. The lowest BCUT2D eigenvalue weighted by molar-refractivity contribution is -0.127. The van der Waals surface area contributed by atoms with Gasteiger partial charge in [-0.15, -0.1) is 0 Å². The van der Waals surface area contributed by atoms with E-state index in [9.17, 15) is 9.59 Å². The van der Waals surface area contributed by atoms with Crippen molar-refractivity contribution in [2.45, 2.75) is 51.9 Å². The van der Waals surface area contributed by atoms with Gasteiger partial charge in [-0.1, -0.05) is 36.4 Å². The van der Waals surface area contributed by atoms with E-state index >= 15 is 0 Å². The molecule has 0 aromatic heterocycles. The van der Waals surface area contributed by atoms with Crippen LogP contribution in [0.3, 0.4) is 0 Å². The second kappa shape index (κ2) is 8.55. The topological polar surface area (TPSA) is 67.9 Å². The molecule has 6 heteroatoms. The fourth-order valence-electron chi connectivity index (χ4n) is 3.36. The first-order valence-corrected chi connectivity index (χ1v) is 9.74. The van der Waals surface area contributed by atoms with Crippen LogP contribution in [0.1, 0.15) is 37.5 Å². The molecule has 6 nitrogen and oxygen atoms in total. The Morgan fingerprint density at radius 3 is 2.52 bits per heavy atom. The smallest absolute Gasteiger partial charge is 0.411 e. The van der Waals surface area contributed by atoms with Gasteiger partial charge in [0.25, 0.3) is 0 Å². The fraction of sp³-hybridized carbons (Fsp3) is 0.391. The van der Waals surface area contributed by atoms with Gasteiger partial charge in [-0.05, 0) is 49.6 Å². The van der Waals surface area contributed by atoms with Crippen molar-refractivity contribution in [3.63, 3.8) is 0 Å². The lowest BCUT2D eigenvalue weighted by Crippen LogP contribution is -2.53. The maximum absolute atomic E-state index is 13.0. The summed E-state index contributed by atoms with van der Waals surface area (Å²) in [5.41, 5.74) is 2.41. The van der Waals surface area contributed by atoms with Gasteiger partial charge >= 0.3 is 6.09 Å². The summed E-state index contributed by atoms with van der Waals surface area (Å²) in [5, 5.41) is 2.95. The molecule has 154 valence electrons. The van der Waals surface area contributed by atoms with E-state index in [0.29, 0.717) is 19.5 Å². The maximum atomic E-state index is 13.0. The van der Waals surface area contributed by atoms with Gasteiger partial charge in [0, 0.05) is 13.0 Å². The highest BCUT2D eigenvalue weighted by Gasteiger charge is 2.36. The van der Waals surface area contributed by atoms with Crippen LogP contribution in [0.4, 0.5) is 4.79 Å². The molecule has 1 N–H and O–H groups in total. The number of ether oxygens (including phenoxy) is 2. The standard InChI is InChI=1S/C23H28N2O4/c1-23(2,3)29-22(27)25-15-18-10-6-5-9-17(18)13-20(25)21(26)24-14-16-8-7-11-19(12-16)28-4/h5-12,20H,13-15H2,1-4H3,(H,24,26)/t20-/m0/s1. The van der Waals surface area contributed by atoms with Gasteiger partial charge in [0.1, 0.15) is 17.4 Å². The van der Waals surface area contributed by atoms with E-state index in [1.165, 1.54) is 4.90 Å². The van der Waals surface area contributed by atoms with Crippen molar-refractivity contribution in [3.8, 4) is 5.75 Å². The Morgan fingerprint density at radius 2 is 1.83 bits per heavy atom. The van der Waals surface area contributed by atoms with Gasteiger partial charge in [-0.25, -0.2) is 4.79 Å². The molecule has 1 atom stereocenters. The van der Waals surface area contributed by atoms with E-state index in [-0.39, 0.29) is 5.91 Å². The second-order valence-corrected chi connectivity index (χ2v) is 8.17. The number of rotatable bonds is 4. The number of carbonyl (C=O) groups excluding carboxylic acids is 2. The molecule has 0 spiro atoms. The molecule has 1 aliphatic rings. The van der Waals surface area contributed by atoms with Crippen molar-refractivity contribution >= 4 is 12.0 Å². The minimum Gasteiger partial charge on any atom is -0.497 e. The summed E-state index contributed by atoms with van der Waals surface area (Å²) in [4.78, 5) is 27.3. The third-order valence-electron chi connectivity index (χ3n) is 4.78. The number of methoxy groups -OCH3 is 1. The Labute approximate surface area is 171 Å². The van der Waals surface area contributed by atoms with Crippen molar-refractivity contribution in [1.29, 1.82) is 0 Å². The number of amides is 2. The van der Waals surface area contributed by atoms with Crippen LogP contribution in [0.2, 0.25) is 0 Å². The molecular weight excluding hydrogens is 368 g/mol. The first kappa shape index (κ1) is 20.7. The Morgan fingerprint density at radius 1 is 1.10 bits per heavy atom. The van der Waals surface area contributed by atoms with Crippen molar-refractivity contribution in [1.82, 2.24) is 10.2 Å². The highest BCUT2D eigenvalue weighted by Crippen LogP contribution is 2.25. The summed E-state index contributed by atoms with van der Waals surface area (Å²) in [6.07, 6.45) is -0.0205. The van der Waals surface area contributed by atoms with Gasteiger partial charge in [0.05, 0.1) is 13.7 Å². The zero-order valence-corrected chi connectivity index (χ0v) is 17.4. The van der Waals surface area contributed by atoms with Gasteiger partial charge in [-0.3, -0.25) is 9.69 Å². The summed E-state index contributed by atoms with van der Waals surface area (Å²) in [6.45, 7) is 6.17. The molecule has 1 heterocycles. The van der Waals surface area contributed by atoms with Gasteiger partial charge < -0.3 is 14.8 Å². The van der Waals surface area contributed by atoms with E-state index in [4.69, 9.17) is 9.47 Å². The van der Waals surface area contributed by atoms with Gasteiger partial charge in [-0.2, -0.15) is 0 Å². The highest BCUT2D eigenvalue weighted by molar-refractivity contribution is 5.86. The number of carbonyl (C=O) groups is 2.